The molecule has 2 aromatic rings. The smallest absolute Gasteiger partial charge is 0.414 e. The second kappa shape index (κ2) is 7.98. The third kappa shape index (κ3) is 4.85. The van der Waals surface area contributed by atoms with Gasteiger partial charge in [0.1, 0.15) is 12.4 Å². The van der Waals surface area contributed by atoms with Crippen molar-refractivity contribution in [3.05, 3.63) is 67.1 Å². The van der Waals surface area contributed by atoms with Gasteiger partial charge in [-0.05, 0) is 36.8 Å². The second-order valence-corrected chi connectivity index (χ2v) is 4.78. The maximum Gasteiger partial charge on any atom is 0.414 e. The lowest BCUT2D eigenvalue weighted by atomic mass is 10.2. The molecule has 5 nitrogen and oxygen atoms in total. The Morgan fingerprint density at radius 3 is 2.26 bits per heavy atom. The van der Waals surface area contributed by atoms with Gasteiger partial charge in [-0.25, -0.2) is 4.79 Å². The highest BCUT2D eigenvalue weighted by Gasteiger charge is 2.15. The first-order chi connectivity index (χ1) is 11.1. The standard InChI is InChI=1S/C18H18NO4/c1-3-19(16-9-11-17(12-10-16)23-14(2)20)18(21)22-13-15-7-5-4-6-8-15/h4-12H,1,3,13H2,2H3. The van der Waals surface area contributed by atoms with E-state index in [2.05, 4.69) is 6.92 Å². The number of amides is 1. The molecule has 0 atom stereocenters. The fourth-order valence-electron chi connectivity index (χ4n) is 1.98. The number of ether oxygens (including phenoxy) is 2. The summed E-state index contributed by atoms with van der Waals surface area (Å²) in [6, 6.07) is 16.0. The molecule has 0 unspecified atom stereocenters. The van der Waals surface area contributed by atoms with E-state index < -0.39 is 12.1 Å². The first kappa shape index (κ1) is 16.5. The van der Waals surface area contributed by atoms with E-state index >= 15 is 0 Å². The van der Waals surface area contributed by atoms with Crippen LogP contribution >= 0.6 is 0 Å². The number of carbonyl (C=O) groups is 2. The fraction of sp³-hybridized carbons (Fsp3) is 0.167. The molecule has 2 rings (SSSR count). The summed E-state index contributed by atoms with van der Waals surface area (Å²) in [5.41, 5.74) is 1.53. The normalized spacial score (nSPS) is 10.0. The SMILES string of the molecule is [CH2]CN(C(=O)OCc1ccccc1)c1ccc(OC(C)=O)cc1. The zero-order valence-electron chi connectivity index (χ0n) is 12.9. The van der Waals surface area contributed by atoms with Crippen LogP contribution in [-0.4, -0.2) is 18.6 Å². The summed E-state index contributed by atoms with van der Waals surface area (Å²) >= 11 is 0. The largest absolute Gasteiger partial charge is 0.444 e. The van der Waals surface area contributed by atoms with E-state index in [-0.39, 0.29) is 13.2 Å². The number of carbonyl (C=O) groups excluding carboxylic acids is 2. The molecule has 119 valence electrons. The molecule has 0 spiro atoms. The molecular weight excluding hydrogens is 294 g/mol. The lowest BCUT2D eigenvalue weighted by molar-refractivity contribution is -0.131. The molecule has 0 N–H and O–H groups in total. The Morgan fingerprint density at radius 1 is 1.04 bits per heavy atom. The summed E-state index contributed by atoms with van der Waals surface area (Å²) in [7, 11) is 0. The maximum absolute atomic E-state index is 12.2. The third-order valence-corrected chi connectivity index (χ3v) is 3.06. The molecule has 0 aliphatic carbocycles. The van der Waals surface area contributed by atoms with Gasteiger partial charge in [-0.3, -0.25) is 9.69 Å². The number of anilines is 1. The molecule has 0 heterocycles. The predicted molar refractivity (Wildman–Crippen MR) is 87.1 cm³/mol. The summed E-state index contributed by atoms with van der Waals surface area (Å²) in [6.07, 6.45) is -0.482. The van der Waals surface area contributed by atoms with E-state index in [9.17, 15) is 9.59 Å². The van der Waals surface area contributed by atoms with E-state index in [4.69, 9.17) is 9.47 Å². The van der Waals surface area contributed by atoms with Crippen molar-refractivity contribution in [2.75, 3.05) is 11.4 Å². The average molecular weight is 312 g/mol. The number of hydrogen-bond acceptors (Lipinski definition) is 4. The van der Waals surface area contributed by atoms with Gasteiger partial charge in [0, 0.05) is 19.2 Å². The first-order valence-corrected chi connectivity index (χ1v) is 7.16. The summed E-state index contributed by atoms with van der Waals surface area (Å²) in [6.45, 7) is 5.50. The Bertz CT molecular complexity index is 652. The Morgan fingerprint density at radius 2 is 1.70 bits per heavy atom. The van der Waals surface area contributed by atoms with Gasteiger partial charge in [0.2, 0.25) is 0 Å². The van der Waals surface area contributed by atoms with Crippen LogP contribution in [0, 0.1) is 6.92 Å². The quantitative estimate of drug-likeness (QED) is 0.625. The van der Waals surface area contributed by atoms with Crippen molar-refractivity contribution in [2.45, 2.75) is 13.5 Å². The molecule has 0 saturated carbocycles. The molecule has 1 amide bonds. The van der Waals surface area contributed by atoms with E-state index in [1.165, 1.54) is 11.8 Å². The van der Waals surface area contributed by atoms with Crippen LogP contribution in [0.25, 0.3) is 0 Å². The van der Waals surface area contributed by atoms with E-state index in [0.717, 1.165) is 5.56 Å². The monoisotopic (exact) mass is 312 g/mol. The van der Waals surface area contributed by atoms with E-state index in [1.54, 1.807) is 24.3 Å². The van der Waals surface area contributed by atoms with Crippen LogP contribution in [0.5, 0.6) is 5.75 Å². The van der Waals surface area contributed by atoms with Crippen molar-refractivity contribution in [1.29, 1.82) is 0 Å². The predicted octanol–water partition coefficient (Wildman–Crippen LogP) is 3.59. The Balaban J connectivity index is 2.00. The highest BCUT2D eigenvalue weighted by atomic mass is 16.6. The van der Waals surface area contributed by atoms with Crippen LogP contribution in [0.3, 0.4) is 0 Å². The fourth-order valence-corrected chi connectivity index (χ4v) is 1.98. The van der Waals surface area contributed by atoms with Crippen molar-refractivity contribution in [3.63, 3.8) is 0 Å². The summed E-state index contributed by atoms with van der Waals surface area (Å²) in [5, 5.41) is 0. The molecule has 0 aliphatic rings. The number of nitrogens with zero attached hydrogens (tertiary/aromatic N) is 1. The van der Waals surface area contributed by atoms with Crippen molar-refractivity contribution < 1.29 is 19.1 Å². The maximum atomic E-state index is 12.2. The topological polar surface area (TPSA) is 55.8 Å². The molecule has 0 aromatic heterocycles. The molecule has 23 heavy (non-hydrogen) atoms. The molecule has 5 heteroatoms. The molecule has 0 fully saturated rings. The Kier molecular flexibility index (Phi) is 5.74. The van der Waals surface area contributed by atoms with Gasteiger partial charge >= 0.3 is 12.1 Å². The zero-order valence-corrected chi connectivity index (χ0v) is 12.9. The minimum atomic E-state index is -0.482. The molecule has 2 aromatic carbocycles. The van der Waals surface area contributed by atoms with Crippen LogP contribution in [0.15, 0.2) is 54.6 Å². The minimum Gasteiger partial charge on any atom is -0.444 e. The minimum absolute atomic E-state index is 0.196. The van der Waals surface area contributed by atoms with Gasteiger partial charge in [0.15, 0.2) is 0 Å². The Hall–Kier alpha value is -2.82. The molecule has 0 aliphatic heterocycles. The first-order valence-electron chi connectivity index (χ1n) is 7.16. The van der Waals surface area contributed by atoms with Crippen LogP contribution in [0.2, 0.25) is 0 Å². The van der Waals surface area contributed by atoms with Gasteiger partial charge in [-0.2, -0.15) is 0 Å². The van der Waals surface area contributed by atoms with Gasteiger partial charge in [-0.15, -0.1) is 0 Å². The average Bonchev–Trinajstić information content (AvgIpc) is 2.55. The van der Waals surface area contributed by atoms with Crippen LogP contribution in [0.1, 0.15) is 12.5 Å². The lowest BCUT2D eigenvalue weighted by Crippen LogP contribution is -2.31. The van der Waals surface area contributed by atoms with Crippen molar-refractivity contribution >= 4 is 17.7 Å². The van der Waals surface area contributed by atoms with Crippen LogP contribution in [-0.2, 0) is 16.1 Å². The van der Waals surface area contributed by atoms with E-state index in [0.29, 0.717) is 11.4 Å². The van der Waals surface area contributed by atoms with Gasteiger partial charge in [0.25, 0.3) is 0 Å². The summed E-state index contributed by atoms with van der Waals surface area (Å²) in [5.74, 6) is 0.0250. The molecular formula is C18H18NO4. The van der Waals surface area contributed by atoms with Crippen LogP contribution < -0.4 is 9.64 Å². The van der Waals surface area contributed by atoms with Crippen molar-refractivity contribution in [3.8, 4) is 5.75 Å². The number of esters is 1. The third-order valence-electron chi connectivity index (χ3n) is 3.06. The lowest BCUT2D eigenvalue weighted by Gasteiger charge is -2.20. The van der Waals surface area contributed by atoms with Gasteiger partial charge in [0.05, 0.1) is 0 Å². The zero-order chi connectivity index (χ0) is 16.7. The van der Waals surface area contributed by atoms with E-state index in [1.807, 2.05) is 30.3 Å². The highest BCUT2D eigenvalue weighted by Crippen LogP contribution is 2.20. The van der Waals surface area contributed by atoms with Crippen molar-refractivity contribution in [1.82, 2.24) is 0 Å². The molecule has 1 radical (unpaired) electrons. The number of benzene rings is 2. The van der Waals surface area contributed by atoms with Crippen LogP contribution in [0.4, 0.5) is 10.5 Å². The molecule has 0 bridgehead atoms. The highest BCUT2D eigenvalue weighted by molar-refractivity contribution is 5.87. The van der Waals surface area contributed by atoms with Gasteiger partial charge in [-0.1, -0.05) is 30.3 Å². The Labute approximate surface area is 135 Å². The number of hydrogen-bond donors (Lipinski definition) is 0. The van der Waals surface area contributed by atoms with Crippen molar-refractivity contribution in [2.24, 2.45) is 0 Å². The number of rotatable bonds is 5. The summed E-state index contributed by atoms with van der Waals surface area (Å²) < 4.78 is 10.3. The summed E-state index contributed by atoms with van der Waals surface area (Å²) in [4.78, 5) is 24.5. The second-order valence-electron chi connectivity index (χ2n) is 4.78. The molecule has 0 saturated heterocycles. The van der Waals surface area contributed by atoms with Gasteiger partial charge < -0.3 is 9.47 Å².